The zero-order valence-corrected chi connectivity index (χ0v) is 17.2. The van der Waals surface area contributed by atoms with Gasteiger partial charge < -0.3 is 15.4 Å². The van der Waals surface area contributed by atoms with Crippen LogP contribution in [0, 0.1) is 5.92 Å². The molecular weight excluding hydrogens is 344 g/mol. The number of amides is 2. The first-order valence-corrected chi connectivity index (χ1v) is 9.36. The Morgan fingerprint density at radius 2 is 1.70 bits per heavy atom. The highest BCUT2D eigenvalue weighted by molar-refractivity contribution is 5.94. The molecule has 2 unspecified atom stereocenters. The number of hydrogen-bond acceptors (Lipinski definition) is 4. The highest BCUT2D eigenvalue weighted by Crippen LogP contribution is 2.22. The molecule has 0 fully saturated rings. The van der Waals surface area contributed by atoms with Crippen molar-refractivity contribution in [1.29, 1.82) is 0 Å². The van der Waals surface area contributed by atoms with Crippen LogP contribution in [-0.4, -0.2) is 37.5 Å². The molecule has 0 aliphatic carbocycles. The molecule has 0 aromatic heterocycles. The first kappa shape index (κ1) is 22.7. The second-order valence-corrected chi connectivity index (χ2v) is 7.79. The van der Waals surface area contributed by atoms with Gasteiger partial charge in [0.2, 0.25) is 5.91 Å². The van der Waals surface area contributed by atoms with Gasteiger partial charge in [-0.1, -0.05) is 53.2 Å². The van der Waals surface area contributed by atoms with Gasteiger partial charge in [0, 0.05) is 18.5 Å². The highest BCUT2D eigenvalue weighted by atomic mass is 16.5. The maximum absolute atomic E-state index is 12.2. The predicted molar refractivity (Wildman–Crippen MR) is 105 cm³/mol. The molecule has 0 bridgehead atoms. The minimum atomic E-state index is -0.673. The van der Waals surface area contributed by atoms with Crippen LogP contribution in [0.15, 0.2) is 24.3 Å². The van der Waals surface area contributed by atoms with Crippen LogP contribution in [0.5, 0.6) is 0 Å². The van der Waals surface area contributed by atoms with E-state index in [2.05, 4.69) is 31.4 Å². The minimum absolute atomic E-state index is 0.0267. The van der Waals surface area contributed by atoms with Gasteiger partial charge in [0.15, 0.2) is 0 Å². The van der Waals surface area contributed by atoms with Crippen LogP contribution >= 0.6 is 0 Å². The van der Waals surface area contributed by atoms with Gasteiger partial charge in [-0.25, -0.2) is 4.79 Å². The summed E-state index contributed by atoms with van der Waals surface area (Å²) < 4.78 is 4.75. The molecule has 0 aliphatic heterocycles. The Balaban J connectivity index is 2.52. The zero-order valence-electron chi connectivity index (χ0n) is 17.2. The lowest BCUT2D eigenvalue weighted by Crippen LogP contribution is -2.46. The third-order valence-electron chi connectivity index (χ3n) is 4.64. The number of ether oxygens (including phenoxy) is 1. The molecule has 0 aliphatic rings. The van der Waals surface area contributed by atoms with E-state index >= 15 is 0 Å². The highest BCUT2D eigenvalue weighted by Gasteiger charge is 2.26. The SMILES string of the molecule is CCC(C)C(NC(=O)CCNC(=O)c1ccc(C(C)(C)C)cc1)C(=O)OC. The molecule has 27 heavy (non-hydrogen) atoms. The van der Waals surface area contributed by atoms with Gasteiger partial charge in [-0.05, 0) is 29.0 Å². The topological polar surface area (TPSA) is 84.5 Å². The molecule has 6 nitrogen and oxygen atoms in total. The number of nitrogens with one attached hydrogen (secondary N) is 2. The average molecular weight is 376 g/mol. The van der Waals surface area contributed by atoms with Crippen LogP contribution in [0.2, 0.25) is 0 Å². The maximum Gasteiger partial charge on any atom is 0.328 e. The van der Waals surface area contributed by atoms with E-state index in [9.17, 15) is 14.4 Å². The minimum Gasteiger partial charge on any atom is -0.467 e. The van der Waals surface area contributed by atoms with Crippen molar-refractivity contribution >= 4 is 17.8 Å². The molecule has 0 radical (unpaired) electrons. The van der Waals surface area contributed by atoms with E-state index in [1.54, 1.807) is 12.1 Å². The summed E-state index contributed by atoms with van der Waals surface area (Å²) in [5, 5.41) is 5.42. The smallest absolute Gasteiger partial charge is 0.328 e. The first-order valence-electron chi connectivity index (χ1n) is 9.36. The Hall–Kier alpha value is -2.37. The van der Waals surface area contributed by atoms with Crippen LogP contribution in [0.4, 0.5) is 0 Å². The van der Waals surface area contributed by atoms with Crippen molar-refractivity contribution in [2.24, 2.45) is 5.92 Å². The summed E-state index contributed by atoms with van der Waals surface area (Å²) in [7, 11) is 1.30. The van der Waals surface area contributed by atoms with E-state index < -0.39 is 12.0 Å². The fourth-order valence-corrected chi connectivity index (χ4v) is 2.55. The van der Waals surface area contributed by atoms with Crippen molar-refractivity contribution in [2.75, 3.05) is 13.7 Å². The Morgan fingerprint density at radius 3 is 2.19 bits per heavy atom. The van der Waals surface area contributed by atoms with Gasteiger partial charge in [0.1, 0.15) is 6.04 Å². The second-order valence-electron chi connectivity index (χ2n) is 7.79. The van der Waals surface area contributed by atoms with Crippen LogP contribution in [0.3, 0.4) is 0 Å². The fourth-order valence-electron chi connectivity index (χ4n) is 2.55. The zero-order chi connectivity index (χ0) is 20.6. The molecule has 1 aromatic carbocycles. The van der Waals surface area contributed by atoms with E-state index in [4.69, 9.17) is 4.74 Å². The molecule has 2 atom stereocenters. The Kier molecular flexibility index (Phi) is 8.47. The predicted octanol–water partition coefficient (Wildman–Crippen LogP) is 2.81. The van der Waals surface area contributed by atoms with Crippen LogP contribution < -0.4 is 10.6 Å². The summed E-state index contributed by atoms with van der Waals surface area (Å²) in [6, 6.07) is 6.77. The summed E-state index contributed by atoms with van der Waals surface area (Å²) in [6.45, 7) is 10.4. The van der Waals surface area contributed by atoms with Crippen LogP contribution in [0.1, 0.15) is 63.4 Å². The van der Waals surface area contributed by atoms with E-state index in [0.717, 1.165) is 12.0 Å². The number of rotatable bonds is 8. The molecule has 0 saturated heterocycles. The van der Waals surface area contributed by atoms with Crippen LogP contribution in [-0.2, 0) is 19.7 Å². The number of hydrogen-bond donors (Lipinski definition) is 2. The normalized spacial score (nSPS) is 13.4. The molecule has 0 heterocycles. The van der Waals surface area contributed by atoms with E-state index in [-0.39, 0.29) is 36.1 Å². The van der Waals surface area contributed by atoms with Gasteiger partial charge in [0.05, 0.1) is 7.11 Å². The van der Waals surface area contributed by atoms with Gasteiger partial charge in [-0.15, -0.1) is 0 Å². The average Bonchev–Trinajstić information content (AvgIpc) is 2.64. The molecule has 2 N–H and O–H groups in total. The second kappa shape index (κ2) is 10.1. The molecule has 1 rings (SSSR count). The van der Waals surface area contributed by atoms with Gasteiger partial charge in [-0.2, -0.15) is 0 Å². The molecule has 2 amide bonds. The lowest BCUT2D eigenvalue weighted by molar-refractivity contribution is -0.146. The summed E-state index contributed by atoms with van der Waals surface area (Å²) in [5.74, 6) is -1.01. The monoisotopic (exact) mass is 376 g/mol. The molecular formula is C21H32N2O4. The van der Waals surface area contributed by atoms with Crippen molar-refractivity contribution in [2.45, 2.75) is 58.9 Å². The van der Waals surface area contributed by atoms with E-state index in [1.807, 2.05) is 26.0 Å². The molecule has 150 valence electrons. The number of carbonyl (C=O) groups excluding carboxylic acids is 3. The maximum atomic E-state index is 12.2. The third-order valence-corrected chi connectivity index (χ3v) is 4.64. The molecule has 0 spiro atoms. The van der Waals surface area contributed by atoms with Gasteiger partial charge in [0.25, 0.3) is 5.91 Å². The van der Waals surface area contributed by atoms with Crippen molar-refractivity contribution in [1.82, 2.24) is 10.6 Å². The lowest BCUT2D eigenvalue weighted by Gasteiger charge is -2.21. The summed E-state index contributed by atoms with van der Waals surface area (Å²) in [4.78, 5) is 36.1. The van der Waals surface area contributed by atoms with Crippen molar-refractivity contribution < 1.29 is 19.1 Å². The summed E-state index contributed by atoms with van der Waals surface area (Å²) in [5.41, 5.74) is 1.73. The summed E-state index contributed by atoms with van der Waals surface area (Å²) in [6.07, 6.45) is 0.830. The number of carbonyl (C=O) groups is 3. The summed E-state index contributed by atoms with van der Waals surface area (Å²) >= 11 is 0. The molecule has 1 aromatic rings. The van der Waals surface area contributed by atoms with E-state index in [1.165, 1.54) is 7.11 Å². The standard InChI is InChI=1S/C21H32N2O4/c1-7-14(2)18(20(26)27-6)23-17(24)12-13-22-19(25)15-8-10-16(11-9-15)21(3,4)5/h8-11,14,18H,7,12-13H2,1-6H3,(H,22,25)(H,23,24). The van der Waals surface area contributed by atoms with Crippen molar-refractivity contribution in [3.05, 3.63) is 35.4 Å². The van der Waals surface area contributed by atoms with E-state index in [0.29, 0.717) is 5.56 Å². The van der Waals surface area contributed by atoms with Crippen LogP contribution in [0.25, 0.3) is 0 Å². The number of benzene rings is 1. The van der Waals surface area contributed by atoms with Gasteiger partial charge in [-0.3, -0.25) is 9.59 Å². The molecule has 6 heteroatoms. The first-order chi connectivity index (χ1) is 12.6. The lowest BCUT2D eigenvalue weighted by atomic mass is 9.87. The van der Waals surface area contributed by atoms with Crippen molar-refractivity contribution in [3.8, 4) is 0 Å². The quantitative estimate of drug-likeness (QED) is 0.683. The Morgan fingerprint density at radius 1 is 1.11 bits per heavy atom. The Labute approximate surface area is 162 Å². The third kappa shape index (κ3) is 7.04. The number of esters is 1. The number of methoxy groups -OCH3 is 1. The fraction of sp³-hybridized carbons (Fsp3) is 0.571. The Bertz CT molecular complexity index is 647. The van der Waals surface area contributed by atoms with Gasteiger partial charge >= 0.3 is 5.97 Å². The molecule has 0 saturated carbocycles. The van der Waals surface area contributed by atoms with Crippen molar-refractivity contribution in [3.63, 3.8) is 0 Å². The largest absolute Gasteiger partial charge is 0.467 e.